The summed E-state index contributed by atoms with van der Waals surface area (Å²) in [4.78, 5) is 0. The van der Waals surface area contributed by atoms with E-state index in [4.69, 9.17) is 14.7 Å². The van der Waals surface area contributed by atoms with Crippen LogP contribution in [0.25, 0.3) is 0 Å². The van der Waals surface area contributed by atoms with Crippen LogP contribution in [-0.2, 0) is 0 Å². The normalized spacial score (nSPS) is 11.2. The lowest BCUT2D eigenvalue weighted by atomic mass is 10.1. The van der Waals surface area contributed by atoms with Crippen LogP contribution in [0.2, 0.25) is 0 Å². The molecule has 0 aromatic heterocycles. The van der Waals surface area contributed by atoms with Gasteiger partial charge in [-0.1, -0.05) is 17.3 Å². The van der Waals surface area contributed by atoms with Crippen LogP contribution < -0.4 is 9.47 Å². The van der Waals surface area contributed by atoms with Crippen molar-refractivity contribution in [2.24, 2.45) is 5.16 Å². The number of phenols is 1. The van der Waals surface area contributed by atoms with Crippen molar-refractivity contribution < 1.29 is 19.8 Å². The Balaban J connectivity index is 2.08. The van der Waals surface area contributed by atoms with E-state index in [2.05, 4.69) is 5.16 Å². The van der Waals surface area contributed by atoms with Crippen molar-refractivity contribution in [3.05, 3.63) is 54.1 Å². The summed E-state index contributed by atoms with van der Waals surface area (Å²) in [5.74, 6) is 1.09. The molecule has 0 fully saturated rings. The maximum absolute atomic E-state index is 9.59. The Bertz CT molecular complexity index is 593. The summed E-state index contributed by atoms with van der Waals surface area (Å²) in [5, 5.41) is 21.9. The third-order valence-electron chi connectivity index (χ3n) is 2.77. The smallest absolute Gasteiger partial charge is 0.161 e. The Morgan fingerprint density at radius 1 is 1.10 bits per heavy atom. The lowest BCUT2D eigenvalue weighted by Gasteiger charge is -2.09. The number of benzene rings is 2. The Morgan fingerprint density at radius 3 is 2.40 bits per heavy atom. The van der Waals surface area contributed by atoms with Gasteiger partial charge in [0.05, 0.1) is 7.11 Å². The van der Waals surface area contributed by atoms with E-state index in [1.54, 1.807) is 49.6 Å². The van der Waals surface area contributed by atoms with Crippen LogP contribution >= 0.6 is 0 Å². The molecule has 104 valence electrons. The zero-order valence-corrected chi connectivity index (χ0v) is 11.0. The zero-order valence-electron chi connectivity index (χ0n) is 11.0. The lowest BCUT2D eigenvalue weighted by molar-refractivity contribution is 0.304. The molecule has 0 spiro atoms. The minimum atomic E-state index is 0.0412. The number of hydrogen-bond donors (Lipinski definition) is 2. The highest BCUT2D eigenvalue weighted by Gasteiger charge is 2.08. The van der Waals surface area contributed by atoms with Gasteiger partial charge >= 0.3 is 0 Å². The molecule has 0 aliphatic heterocycles. The molecule has 0 saturated heterocycles. The van der Waals surface area contributed by atoms with E-state index in [9.17, 15) is 5.11 Å². The first-order valence-electron chi connectivity index (χ1n) is 6.00. The SMILES string of the molecule is COc1ccc(C(COc2ccccc2O)=NO)cc1. The number of ether oxygens (including phenoxy) is 2. The van der Waals surface area contributed by atoms with Gasteiger partial charge < -0.3 is 19.8 Å². The van der Waals surface area contributed by atoms with Crippen LogP contribution in [0.1, 0.15) is 5.56 Å². The van der Waals surface area contributed by atoms with Crippen molar-refractivity contribution in [3.8, 4) is 17.2 Å². The minimum absolute atomic E-state index is 0.0412. The highest BCUT2D eigenvalue weighted by molar-refractivity contribution is 6.01. The van der Waals surface area contributed by atoms with Crippen molar-refractivity contribution in [2.45, 2.75) is 0 Å². The first kappa shape index (κ1) is 13.7. The Morgan fingerprint density at radius 2 is 1.80 bits per heavy atom. The molecule has 0 bridgehead atoms. The van der Waals surface area contributed by atoms with Crippen molar-refractivity contribution >= 4 is 5.71 Å². The Kier molecular flexibility index (Phi) is 4.44. The predicted molar refractivity (Wildman–Crippen MR) is 74.9 cm³/mol. The number of hydrogen-bond acceptors (Lipinski definition) is 5. The van der Waals surface area contributed by atoms with Gasteiger partial charge in [0.25, 0.3) is 0 Å². The van der Waals surface area contributed by atoms with Crippen molar-refractivity contribution in [2.75, 3.05) is 13.7 Å². The molecule has 2 aromatic carbocycles. The maximum Gasteiger partial charge on any atom is 0.161 e. The second kappa shape index (κ2) is 6.47. The van der Waals surface area contributed by atoms with E-state index in [0.717, 1.165) is 0 Å². The summed E-state index contributed by atoms with van der Waals surface area (Å²) in [7, 11) is 1.58. The second-order valence-corrected chi connectivity index (χ2v) is 4.03. The van der Waals surface area contributed by atoms with Gasteiger partial charge in [0.1, 0.15) is 18.1 Å². The predicted octanol–water partition coefficient (Wildman–Crippen LogP) is 2.66. The van der Waals surface area contributed by atoms with E-state index in [1.165, 1.54) is 6.07 Å². The molecule has 0 radical (unpaired) electrons. The van der Waals surface area contributed by atoms with E-state index in [1.807, 2.05) is 0 Å². The Hall–Kier alpha value is -2.69. The van der Waals surface area contributed by atoms with Gasteiger partial charge in [-0.25, -0.2) is 0 Å². The molecule has 0 aliphatic carbocycles. The molecule has 20 heavy (non-hydrogen) atoms. The number of oxime groups is 1. The average molecular weight is 273 g/mol. The molecule has 0 heterocycles. The summed E-state index contributed by atoms with van der Waals surface area (Å²) < 4.78 is 10.5. The summed E-state index contributed by atoms with van der Waals surface area (Å²) in [6.45, 7) is 0.0421. The zero-order chi connectivity index (χ0) is 14.4. The van der Waals surface area contributed by atoms with Gasteiger partial charge in [-0.15, -0.1) is 0 Å². The highest BCUT2D eigenvalue weighted by atomic mass is 16.5. The third-order valence-corrected chi connectivity index (χ3v) is 2.77. The van der Waals surface area contributed by atoms with Crippen molar-refractivity contribution in [1.82, 2.24) is 0 Å². The first-order chi connectivity index (χ1) is 9.74. The molecule has 2 aromatic rings. The number of nitrogens with zero attached hydrogens (tertiary/aromatic N) is 1. The quantitative estimate of drug-likeness (QED) is 0.499. The van der Waals surface area contributed by atoms with Crippen LogP contribution in [-0.4, -0.2) is 29.7 Å². The van der Waals surface area contributed by atoms with Gasteiger partial charge in [0.2, 0.25) is 0 Å². The monoisotopic (exact) mass is 273 g/mol. The topological polar surface area (TPSA) is 71.3 Å². The molecular weight excluding hydrogens is 258 g/mol. The second-order valence-electron chi connectivity index (χ2n) is 4.03. The fourth-order valence-electron chi connectivity index (χ4n) is 1.68. The molecular formula is C15H15NO4. The number of methoxy groups -OCH3 is 1. The minimum Gasteiger partial charge on any atom is -0.504 e. The molecule has 2 N–H and O–H groups in total. The van der Waals surface area contributed by atoms with Gasteiger partial charge in [0, 0.05) is 5.56 Å². The van der Waals surface area contributed by atoms with Gasteiger partial charge in [-0.3, -0.25) is 0 Å². The van der Waals surface area contributed by atoms with Crippen LogP contribution in [0.4, 0.5) is 0 Å². The third kappa shape index (κ3) is 3.20. The van der Waals surface area contributed by atoms with Gasteiger partial charge in [0.15, 0.2) is 11.5 Å². The standard InChI is InChI=1S/C15H15NO4/c1-19-12-8-6-11(7-9-12)13(16-18)10-20-15-5-3-2-4-14(15)17/h2-9,17-18H,10H2,1H3. The molecule has 0 unspecified atom stereocenters. The van der Waals surface area contributed by atoms with E-state index < -0.39 is 0 Å². The molecule has 0 atom stereocenters. The fourth-order valence-corrected chi connectivity index (χ4v) is 1.68. The van der Waals surface area contributed by atoms with Crippen molar-refractivity contribution in [1.29, 1.82) is 0 Å². The average Bonchev–Trinajstić information content (AvgIpc) is 2.50. The summed E-state index contributed by atoms with van der Waals surface area (Å²) in [5.41, 5.74) is 1.07. The highest BCUT2D eigenvalue weighted by Crippen LogP contribution is 2.24. The molecule has 0 amide bonds. The largest absolute Gasteiger partial charge is 0.504 e. The van der Waals surface area contributed by atoms with Crippen LogP contribution in [0.5, 0.6) is 17.2 Å². The van der Waals surface area contributed by atoms with Gasteiger partial charge in [-0.05, 0) is 36.4 Å². The number of para-hydroxylation sites is 2. The number of phenolic OH excluding ortho intramolecular Hbond substituents is 1. The number of aromatic hydroxyl groups is 1. The Labute approximate surface area is 116 Å². The summed E-state index contributed by atoms with van der Waals surface area (Å²) in [6.07, 6.45) is 0. The van der Waals surface area contributed by atoms with Crippen LogP contribution in [0.15, 0.2) is 53.7 Å². The van der Waals surface area contributed by atoms with Gasteiger partial charge in [-0.2, -0.15) is 0 Å². The summed E-state index contributed by atoms with van der Waals surface area (Å²) >= 11 is 0. The molecule has 5 nitrogen and oxygen atoms in total. The van der Waals surface area contributed by atoms with Crippen molar-refractivity contribution in [3.63, 3.8) is 0 Å². The maximum atomic E-state index is 9.59. The fraction of sp³-hybridized carbons (Fsp3) is 0.133. The number of rotatable bonds is 5. The first-order valence-corrected chi connectivity index (χ1v) is 6.00. The lowest BCUT2D eigenvalue weighted by Crippen LogP contribution is -2.13. The molecule has 0 aliphatic rings. The summed E-state index contributed by atoms with van der Waals surface area (Å²) in [6, 6.07) is 13.7. The van der Waals surface area contributed by atoms with Crippen LogP contribution in [0.3, 0.4) is 0 Å². The van der Waals surface area contributed by atoms with E-state index in [0.29, 0.717) is 22.8 Å². The molecule has 2 rings (SSSR count). The molecule has 5 heteroatoms. The van der Waals surface area contributed by atoms with E-state index in [-0.39, 0.29) is 12.4 Å². The van der Waals surface area contributed by atoms with Crippen LogP contribution in [0, 0.1) is 0 Å². The molecule has 0 saturated carbocycles. The van der Waals surface area contributed by atoms with E-state index >= 15 is 0 Å².